The lowest BCUT2D eigenvalue weighted by Gasteiger charge is -2.03. The van der Waals surface area contributed by atoms with E-state index in [1.165, 1.54) is 30.2 Å². The number of anilines is 1. The molecule has 0 saturated heterocycles. The molecule has 0 unspecified atom stereocenters. The first-order chi connectivity index (χ1) is 13.6. The number of ether oxygens (including phenoxy) is 2. The maximum atomic E-state index is 12.3. The normalized spacial score (nSPS) is 10.4. The second-order valence-corrected chi connectivity index (χ2v) is 7.74. The predicted octanol–water partition coefficient (Wildman–Crippen LogP) is 3.88. The van der Waals surface area contributed by atoms with Gasteiger partial charge in [-0.05, 0) is 35.9 Å². The van der Waals surface area contributed by atoms with E-state index in [1.54, 1.807) is 43.5 Å². The number of rotatable bonds is 7. The molecule has 7 nitrogen and oxygen atoms in total. The Morgan fingerprint density at radius 3 is 2.57 bits per heavy atom. The molecule has 1 heterocycles. The van der Waals surface area contributed by atoms with Crippen molar-refractivity contribution in [3.63, 3.8) is 0 Å². The van der Waals surface area contributed by atoms with Gasteiger partial charge in [0.15, 0.2) is 4.34 Å². The van der Waals surface area contributed by atoms with Crippen molar-refractivity contribution in [2.45, 2.75) is 10.1 Å². The largest absolute Gasteiger partial charge is 0.497 e. The minimum absolute atomic E-state index is 0.273. The van der Waals surface area contributed by atoms with E-state index in [0.717, 1.165) is 9.90 Å². The Kier molecular flexibility index (Phi) is 6.62. The molecule has 0 aliphatic rings. The molecule has 9 heteroatoms. The molecule has 1 aromatic heterocycles. The smallest absolute Gasteiger partial charge is 0.337 e. The number of nitrogens with one attached hydrogen (secondary N) is 1. The molecule has 3 aromatic rings. The number of carbonyl (C=O) groups excluding carboxylic acids is 2. The number of nitrogens with zero attached hydrogens (tertiary/aromatic N) is 2. The summed E-state index contributed by atoms with van der Waals surface area (Å²) in [4.78, 5) is 23.8. The first kappa shape index (κ1) is 19.8. The Hall–Kier alpha value is -2.91. The molecule has 3 rings (SSSR count). The zero-order valence-electron chi connectivity index (χ0n) is 15.2. The van der Waals surface area contributed by atoms with Crippen molar-refractivity contribution in [1.82, 2.24) is 10.2 Å². The van der Waals surface area contributed by atoms with Crippen LogP contribution >= 0.6 is 23.1 Å². The molecule has 0 fully saturated rings. The highest BCUT2D eigenvalue weighted by Gasteiger charge is 2.12. The molecular formula is C19H17N3O4S2. The summed E-state index contributed by atoms with van der Waals surface area (Å²) in [5.74, 6) is 0.643. The van der Waals surface area contributed by atoms with Crippen LogP contribution < -0.4 is 10.1 Å². The van der Waals surface area contributed by atoms with Crippen LogP contribution in [0.1, 0.15) is 26.3 Å². The van der Waals surface area contributed by atoms with Crippen molar-refractivity contribution >= 4 is 40.1 Å². The van der Waals surface area contributed by atoms with Crippen molar-refractivity contribution in [1.29, 1.82) is 0 Å². The van der Waals surface area contributed by atoms with Gasteiger partial charge >= 0.3 is 5.97 Å². The third-order valence-corrected chi connectivity index (χ3v) is 5.74. The average molecular weight is 415 g/mol. The van der Waals surface area contributed by atoms with E-state index in [1.807, 2.05) is 12.1 Å². The Bertz CT molecular complexity index is 973. The van der Waals surface area contributed by atoms with Crippen LogP contribution in [0.2, 0.25) is 0 Å². The highest BCUT2D eigenvalue weighted by molar-refractivity contribution is 8.00. The fourth-order valence-electron chi connectivity index (χ4n) is 2.25. The molecule has 0 aliphatic heterocycles. The maximum Gasteiger partial charge on any atom is 0.337 e. The van der Waals surface area contributed by atoms with Gasteiger partial charge in [-0.25, -0.2) is 4.79 Å². The number of thioether (sulfide) groups is 1. The molecule has 0 aliphatic carbocycles. The predicted molar refractivity (Wildman–Crippen MR) is 108 cm³/mol. The molecule has 0 atom stereocenters. The summed E-state index contributed by atoms with van der Waals surface area (Å²) in [6.07, 6.45) is 0. The van der Waals surface area contributed by atoms with Gasteiger partial charge in [0.05, 0.1) is 19.8 Å². The van der Waals surface area contributed by atoms with Gasteiger partial charge in [0.2, 0.25) is 5.13 Å². The minimum Gasteiger partial charge on any atom is -0.497 e. The number of carbonyl (C=O) groups is 2. The summed E-state index contributed by atoms with van der Waals surface area (Å²) >= 11 is 2.80. The van der Waals surface area contributed by atoms with Gasteiger partial charge < -0.3 is 9.47 Å². The van der Waals surface area contributed by atoms with Crippen molar-refractivity contribution in [2.75, 3.05) is 19.5 Å². The van der Waals surface area contributed by atoms with Gasteiger partial charge in [-0.1, -0.05) is 41.3 Å². The van der Waals surface area contributed by atoms with Gasteiger partial charge in [-0.15, -0.1) is 10.2 Å². The van der Waals surface area contributed by atoms with Crippen LogP contribution in [0.15, 0.2) is 52.9 Å². The highest BCUT2D eigenvalue weighted by atomic mass is 32.2. The summed E-state index contributed by atoms with van der Waals surface area (Å²) in [5.41, 5.74) is 2.03. The number of benzene rings is 2. The van der Waals surface area contributed by atoms with Crippen LogP contribution in [0.4, 0.5) is 5.13 Å². The fraction of sp³-hybridized carbons (Fsp3) is 0.158. The summed E-state index contributed by atoms with van der Waals surface area (Å²) in [5, 5.41) is 11.3. The van der Waals surface area contributed by atoms with Gasteiger partial charge in [0, 0.05) is 11.3 Å². The summed E-state index contributed by atoms with van der Waals surface area (Å²) < 4.78 is 10.5. The van der Waals surface area contributed by atoms with Crippen molar-refractivity contribution < 1.29 is 19.1 Å². The third-order valence-electron chi connectivity index (χ3n) is 3.70. The molecule has 28 heavy (non-hydrogen) atoms. The Labute approximate surface area is 170 Å². The summed E-state index contributed by atoms with van der Waals surface area (Å²) in [7, 11) is 2.90. The Morgan fingerprint density at radius 2 is 1.86 bits per heavy atom. The van der Waals surface area contributed by atoms with E-state index in [0.29, 0.717) is 27.8 Å². The van der Waals surface area contributed by atoms with E-state index in [-0.39, 0.29) is 11.9 Å². The maximum absolute atomic E-state index is 12.3. The number of methoxy groups -OCH3 is 2. The molecule has 0 radical (unpaired) electrons. The molecule has 0 bridgehead atoms. The first-order valence-corrected chi connectivity index (χ1v) is 9.98. The number of hydrogen-bond donors (Lipinski definition) is 1. The third kappa shape index (κ3) is 5.08. The van der Waals surface area contributed by atoms with Crippen molar-refractivity contribution in [3.8, 4) is 5.75 Å². The number of esters is 1. The standard InChI is InChI=1S/C19H17N3O4S2/c1-25-15-5-3-4-14(10-15)16(23)20-18-21-22-19(28-18)27-11-12-6-8-13(9-7-12)17(24)26-2/h3-10H,11H2,1-2H3,(H,20,21,23). The topological polar surface area (TPSA) is 90.4 Å². The lowest BCUT2D eigenvalue weighted by molar-refractivity contribution is 0.0600. The van der Waals surface area contributed by atoms with Crippen LogP contribution in [-0.4, -0.2) is 36.3 Å². The molecule has 144 valence electrons. The molecule has 0 spiro atoms. The monoisotopic (exact) mass is 415 g/mol. The average Bonchev–Trinajstić information content (AvgIpc) is 3.19. The number of amides is 1. The lowest BCUT2D eigenvalue weighted by Crippen LogP contribution is -2.11. The zero-order valence-corrected chi connectivity index (χ0v) is 16.8. The quantitative estimate of drug-likeness (QED) is 0.356. The van der Waals surface area contributed by atoms with E-state index < -0.39 is 0 Å². The van der Waals surface area contributed by atoms with Gasteiger partial charge in [-0.3, -0.25) is 10.1 Å². The molecule has 1 amide bonds. The second-order valence-electron chi connectivity index (χ2n) is 5.54. The van der Waals surface area contributed by atoms with Crippen molar-refractivity contribution in [3.05, 3.63) is 65.2 Å². The SMILES string of the molecule is COC(=O)c1ccc(CSc2nnc(NC(=O)c3cccc(OC)c3)s2)cc1. The second kappa shape index (κ2) is 9.34. The van der Waals surface area contributed by atoms with Crippen LogP contribution in [-0.2, 0) is 10.5 Å². The van der Waals surface area contributed by atoms with Crippen LogP contribution in [0.5, 0.6) is 5.75 Å². The highest BCUT2D eigenvalue weighted by Crippen LogP contribution is 2.28. The van der Waals surface area contributed by atoms with Gasteiger partial charge in [0.1, 0.15) is 5.75 Å². The van der Waals surface area contributed by atoms with E-state index in [9.17, 15) is 9.59 Å². The lowest BCUT2D eigenvalue weighted by atomic mass is 10.1. The Balaban J connectivity index is 1.56. The van der Waals surface area contributed by atoms with Crippen molar-refractivity contribution in [2.24, 2.45) is 0 Å². The minimum atomic E-state index is -0.361. The van der Waals surface area contributed by atoms with E-state index >= 15 is 0 Å². The molecule has 1 N–H and O–H groups in total. The Morgan fingerprint density at radius 1 is 1.07 bits per heavy atom. The molecule has 2 aromatic carbocycles. The van der Waals surface area contributed by atoms with Crippen LogP contribution in [0.3, 0.4) is 0 Å². The molecular weight excluding hydrogens is 398 g/mol. The summed E-state index contributed by atoms with van der Waals surface area (Å²) in [6, 6.07) is 14.1. The zero-order chi connectivity index (χ0) is 19.9. The van der Waals surface area contributed by atoms with E-state index in [2.05, 4.69) is 20.3 Å². The van der Waals surface area contributed by atoms with Crippen LogP contribution in [0, 0.1) is 0 Å². The molecule has 0 saturated carbocycles. The summed E-state index contributed by atoms with van der Waals surface area (Å²) in [6.45, 7) is 0. The number of hydrogen-bond acceptors (Lipinski definition) is 8. The van der Waals surface area contributed by atoms with Gasteiger partial charge in [-0.2, -0.15) is 0 Å². The van der Waals surface area contributed by atoms with E-state index in [4.69, 9.17) is 4.74 Å². The van der Waals surface area contributed by atoms with Gasteiger partial charge in [0.25, 0.3) is 5.91 Å². The number of aromatic nitrogens is 2. The van der Waals surface area contributed by atoms with Crippen LogP contribution in [0.25, 0.3) is 0 Å². The first-order valence-electron chi connectivity index (χ1n) is 8.18. The fourth-order valence-corrected chi connectivity index (χ4v) is 3.96.